The van der Waals surface area contributed by atoms with Crippen molar-refractivity contribution in [1.29, 1.82) is 0 Å². The predicted octanol–water partition coefficient (Wildman–Crippen LogP) is 0.910. The maximum atomic E-state index is 12.1. The van der Waals surface area contributed by atoms with E-state index in [2.05, 4.69) is 29.3 Å². The van der Waals surface area contributed by atoms with Crippen LogP contribution in [-0.2, 0) is 11.2 Å². The Morgan fingerprint density at radius 1 is 1.42 bits per heavy atom. The number of nitrogens with one attached hydrogen (secondary N) is 1. The van der Waals surface area contributed by atoms with Gasteiger partial charge in [-0.25, -0.2) is 0 Å². The first-order valence-corrected chi connectivity index (χ1v) is 6.87. The van der Waals surface area contributed by atoms with Gasteiger partial charge in [-0.15, -0.1) is 0 Å². The summed E-state index contributed by atoms with van der Waals surface area (Å²) in [6.45, 7) is 7.60. The molecule has 1 aliphatic heterocycles. The summed E-state index contributed by atoms with van der Waals surface area (Å²) in [6, 6.07) is 0.734. The van der Waals surface area contributed by atoms with Crippen LogP contribution in [0.25, 0.3) is 0 Å². The van der Waals surface area contributed by atoms with Crippen molar-refractivity contribution in [2.24, 2.45) is 0 Å². The lowest BCUT2D eigenvalue weighted by atomic mass is 10.1. The van der Waals surface area contributed by atoms with E-state index in [1.54, 1.807) is 6.92 Å². The number of hydrogen-bond donors (Lipinski definition) is 1. The van der Waals surface area contributed by atoms with Crippen LogP contribution in [-0.4, -0.2) is 46.1 Å². The van der Waals surface area contributed by atoms with Gasteiger partial charge in [0, 0.05) is 38.0 Å². The second-order valence-electron chi connectivity index (χ2n) is 5.36. The lowest BCUT2D eigenvalue weighted by Gasteiger charge is -2.36. The molecule has 0 saturated carbocycles. The maximum Gasteiger partial charge on any atom is 0.226 e. The zero-order chi connectivity index (χ0) is 13.8. The summed E-state index contributed by atoms with van der Waals surface area (Å²) in [5.41, 5.74) is 0. The second-order valence-corrected chi connectivity index (χ2v) is 5.36. The van der Waals surface area contributed by atoms with Crippen LogP contribution in [0.3, 0.4) is 0 Å². The molecule has 0 spiro atoms. The molecule has 1 aliphatic rings. The monoisotopic (exact) mass is 266 g/mol. The van der Waals surface area contributed by atoms with Gasteiger partial charge in [0.05, 0.1) is 0 Å². The Hall–Kier alpha value is -1.43. The Bertz CT molecular complexity index is 422. The van der Waals surface area contributed by atoms with E-state index in [0.29, 0.717) is 36.6 Å². The number of aromatic nitrogens is 2. The molecule has 0 unspecified atom stereocenters. The molecule has 1 aromatic heterocycles. The molecule has 1 saturated heterocycles. The van der Waals surface area contributed by atoms with Crippen molar-refractivity contribution in [3.63, 3.8) is 0 Å². The molecule has 6 heteroatoms. The van der Waals surface area contributed by atoms with Crippen molar-refractivity contribution >= 4 is 5.91 Å². The SMILES string of the molecule is Cc1noc(CCCC(=O)N2C[C@@H](C)N[C@H](C)C2)n1. The Balaban J connectivity index is 1.74. The van der Waals surface area contributed by atoms with Crippen LogP contribution >= 0.6 is 0 Å². The molecule has 19 heavy (non-hydrogen) atoms. The van der Waals surface area contributed by atoms with Gasteiger partial charge in [-0.2, -0.15) is 4.98 Å². The number of piperazine rings is 1. The van der Waals surface area contributed by atoms with Crippen molar-refractivity contribution in [2.45, 2.75) is 52.1 Å². The molecule has 2 heterocycles. The summed E-state index contributed by atoms with van der Waals surface area (Å²) in [5.74, 6) is 1.48. The summed E-state index contributed by atoms with van der Waals surface area (Å²) in [5, 5.41) is 7.16. The average molecular weight is 266 g/mol. The highest BCUT2D eigenvalue weighted by molar-refractivity contribution is 5.76. The number of aryl methyl sites for hydroxylation is 2. The third-order valence-electron chi connectivity index (χ3n) is 3.26. The first-order chi connectivity index (χ1) is 9.04. The molecule has 1 amide bonds. The van der Waals surface area contributed by atoms with Crippen molar-refractivity contribution < 1.29 is 9.32 Å². The van der Waals surface area contributed by atoms with Gasteiger partial charge in [0.15, 0.2) is 5.82 Å². The topological polar surface area (TPSA) is 71.3 Å². The summed E-state index contributed by atoms with van der Waals surface area (Å²) in [7, 11) is 0. The van der Waals surface area contributed by atoms with Gasteiger partial charge < -0.3 is 14.7 Å². The van der Waals surface area contributed by atoms with Crippen molar-refractivity contribution in [3.8, 4) is 0 Å². The van der Waals surface area contributed by atoms with Gasteiger partial charge in [-0.05, 0) is 27.2 Å². The van der Waals surface area contributed by atoms with Crippen molar-refractivity contribution in [3.05, 3.63) is 11.7 Å². The van der Waals surface area contributed by atoms with Crippen LogP contribution in [0.15, 0.2) is 4.52 Å². The summed E-state index contributed by atoms with van der Waals surface area (Å²) < 4.78 is 5.03. The first kappa shape index (κ1) is 14.0. The number of amides is 1. The predicted molar refractivity (Wildman–Crippen MR) is 70.6 cm³/mol. The average Bonchev–Trinajstić information content (AvgIpc) is 2.73. The van der Waals surface area contributed by atoms with E-state index in [0.717, 1.165) is 19.5 Å². The highest BCUT2D eigenvalue weighted by Crippen LogP contribution is 2.09. The van der Waals surface area contributed by atoms with E-state index in [4.69, 9.17) is 4.52 Å². The summed E-state index contributed by atoms with van der Waals surface area (Å²) >= 11 is 0. The van der Waals surface area contributed by atoms with Gasteiger partial charge in [0.25, 0.3) is 0 Å². The number of hydrogen-bond acceptors (Lipinski definition) is 5. The van der Waals surface area contributed by atoms with Gasteiger partial charge in [0.1, 0.15) is 0 Å². The third kappa shape index (κ3) is 4.02. The molecule has 1 aromatic rings. The fourth-order valence-corrected chi connectivity index (χ4v) is 2.52. The quantitative estimate of drug-likeness (QED) is 0.877. The van der Waals surface area contributed by atoms with Gasteiger partial charge in [0.2, 0.25) is 11.8 Å². The molecular weight excluding hydrogens is 244 g/mol. The zero-order valence-electron chi connectivity index (χ0n) is 11.8. The Morgan fingerprint density at radius 2 is 2.11 bits per heavy atom. The maximum absolute atomic E-state index is 12.1. The molecule has 0 bridgehead atoms. The normalized spacial score (nSPS) is 23.6. The smallest absolute Gasteiger partial charge is 0.226 e. The number of carbonyl (C=O) groups is 1. The van der Waals surface area contributed by atoms with Gasteiger partial charge in [-0.3, -0.25) is 4.79 Å². The fraction of sp³-hybridized carbons (Fsp3) is 0.769. The van der Waals surface area contributed by atoms with E-state index in [1.165, 1.54) is 0 Å². The summed E-state index contributed by atoms with van der Waals surface area (Å²) in [6.07, 6.45) is 1.97. The Morgan fingerprint density at radius 3 is 2.68 bits per heavy atom. The molecule has 106 valence electrons. The van der Waals surface area contributed by atoms with Crippen molar-refractivity contribution in [1.82, 2.24) is 20.4 Å². The minimum atomic E-state index is 0.219. The second kappa shape index (κ2) is 6.14. The van der Waals surface area contributed by atoms with Crippen LogP contribution < -0.4 is 5.32 Å². The Kier molecular flexibility index (Phi) is 4.52. The molecule has 1 fully saturated rings. The van der Waals surface area contributed by atoms with Crippen LogP contribution in [0.1, 0.15) is 38.4 Å². The van der Waals surface area contributed by atoms with Crippen LogP contribution in [0.4, 0.5) is 0 Å². The largest absolute Gasteiger partial charge is 0.340 e. The standard InChI is InChI=1S/C13H22N4O2/c1-9-7-17(8-10(2)14-9)13(18)6-4-5-12-15-11(3)16-19-12/h9-10,14H,4-8H2,1-3H3/t9-,10-/m1/s1. The van der Waals surface area contributed by atoms with E-state index >= 15 is 0 Å². The molecular formula is C13H22N4O2. The molecule has 0 aromatic carbocycles. The van der Waals surface area contributed by atoms with E-state index < -0.39 is 0 Å². The van der Waals surface area contributed by atoms with Crippen LogP contribution in [0.5, 0.6) is 0 Å². The molecule has 0 radical (unpaired) electrons. The fourth-order valence-electron chi connectivity index (χ4n) is 2.52. The van der Waals surface area contributed by atoms with Gasteiger partial charge >= 0.3 is 0 Å². The molecule has 1 N–H and O–H groups in total. The molecule has 2 rings (SSSR count). The number of carbonyl (C=O) groups excluding carboxylic acids is 1. The summed E-state index contributed by atoms with van der Waals surface area (Å²) in [4.78, 5) is 18.2. The lowest BCUT2D eigenvalue weighted by molar-refractivity contribution is -0.133. The molecule has 2 atom stereocenters. The Labute approximate surface area is 113 Å². The lowest BCUT2D eigenvalue weighted by Crippen LogP contribution is -2.55. The van der Waals surface area contributed by atoms with Crippen LogP contribution in [0, 0.1) is 6.92 Å². The minimum absolute atomic E-state index is 0.219. The van der Waals surface area contributed by atoms with Crippen LogP contribution in [0.2, 0.25) is 0 Å². The first-order valence-electron chi connectivity index (χ1n) is 6.87. The van der Waals surface area contributed by atoms with E-state index in [1.807, 2.05) is 4.90 Å². The third-order valence-corrected chi connectivity index (χ3v) is 3.26. The number of rotatable bonds is 4. The van der Waals surface area contributed by atoms with E-state index in [9.17, 15) is 4.79 Å². The minimum Gasteiger partial charge on any atom is -0.340 e. The van der Waals surface area contributed by atoms with Crippen molar-refractivity contribution in [2.75, 3.05) is 13.1 Å². The van der Waals surface area contributed by atoms with Gasteiger partial charge in [-0.1, -0.05) is 5.16 Å². The molecule has 0 aliphatic carbocycles. The highest BCUT2D eigenvalue weighted by Gasteiger charge is 2.24. The molecule has 6 nitrogen and oxygen atoms in total. The van der Waals surface area contributed by atoms with E-state index in [-0.39, 0.29) is 5.91 Å². The zero-order valence-corrected chi connectivity index (χ0v) is 11.8. The number of nitrogens with zero attached hydrogens (tertiary/aromatic N) is 3. The highest BCUT2D eigenvalue weighted by atomic mass is 16.5.